The van der Waals surface area contributed by atoms with Crippen molar-refractivity contribution in [2.45, 2.75) is 6.10 Å². The number of para-hydroxylation sites is 1. The molecule has 1 aliphatic rings. The highest BCUT2D eigenvalue weighted by Gasteiger charge is 2.19. The van der Waals surface area contributed by atoms with Crippen molar-refractivity contribution in [1.82, 2.24) is 0 Å². The quantitative estimate of drug-likeness (QED) is 0.273. The fourth-order valence-corrected chi connectivity index (χ4v) is 1.88. The van der Waals surface area contributed by atoms with E-state index in [9.17, 15) is 4.79 Å². The van der Waals surface area contributed by atoms with Gasteiger partial charge in [0.05, 0.1) is 12.7 Å². The smallest absolute Gasteiger partial charge is 0.372 e. The van der Waals surface area contributed by atoms with Gasteiger partial charge in [0.15, 0.2) is 17.6 Å². The van der Waals surface area contributed by atoms with Crippen molar-refractivity contribution in [3.63, 3.8) is 0 Å². The molecule has 1 unspecified atom stereocenters. The molecule has 1 aliphatic carbocycles. The van der Waals surface area contributed by atoms with Gasteiger partial charge in [-0.2, -0.15) is 0 Å². The van der Waals surface area contributed by atoms with E-state index >= 15 is 0 Å². The first-order valence-electron chi connectivity index (χ1n) is 6.64. The SMILES string of the molecule is C=C(OC1C=CC(Cl)=CC1=C=NOc1ccccc1)C(=O)OC. The van der Waals surface area contributed by atoms with E-state index in [1.807, 2.05) is 18.2 Å². The number of carbonyl (C=O) groups is 1. The molecule has 2 rings (SSSR count). The normalized spacial score (nSPS) is 16.0. The van der Waals surface area contributed by atoms with E-state index in [2.05, 4.69) is 22.3 Å². The van der Waals surface area contributed by atoms with E-state index < -0.39 is 12.1 Å². The lowest BCUT2D eigenvalue weighted by molar-refractivity contribution is -0.140. The Kier molecular flexibility index (Phi) is 5.80. The van der Waals surface area contributed by atoms with Crippen LogP contribution in [0.2, 0.25) is 0 Å². The minimum atomic E-state index is -0.657. The highest BCUT2D eigenvalue weighted by atomic mass is 35.5. The number of hydrogen-bond acceptors (Lipinski definition) is 5. The molecule has 5 nitrogen and oxygen atoms in total. The molecule has 0 aromatic heterocycles. The summed E-state index contributed by atoms with van der Waals surface area (Å²) in [6, 6.07) is 9.03. The molecule has 0 aliphatic heterocycles. The summed E-state index contributed by atoms with van der Waals surface area (Å²) in [6.45, 7) is 3.51. The van der Waals surface area contributed by atoms with Crippen LogP contribution in [0.4, 0.5) is 0 Å². The molecule has 1 aromatic carbocycles. The largest absolute Gasteiger partial charge is 0.474 e. The van der Waals surface area contributed by atoms with Crippen LogP contribution in [0.15, 0.2) is 76.7 Å². The van der Waals surface area contributed by atoms with Crippen molar-refractivity contribution >= 4 is 23.4 Å². The molecule has 0 radical (unpaired) electrons. The summed E-state index contributed by atoms with van der Waals surface area (Å²) in [7, 11) is 1.25. The number of methoxy groups -OCH3 is 1. The summed E-state index contributed by atoms with van der Waals surface area (Å²) in [6.07, 6.45) is 4.28. The lowest BCUT2D eigenvalue weighted by atomic mass is 10.1. The van der Waals surface area contributed by atoms with Crippen molar-refractivity contribution in [3.8, 4) is 5.75 Å². The third-order valence-electron chi connectivity index (χ3n) is 2.78. The van der Waals surface area contributed by atoms with Gasteiger partial charge >= 0.3 is 5.97 Å². The Morgan fingerprint density at radius 1 is 1.35 bits per heavy atom. The second-order valence-corrected chi connectivity index (χ2v) is 4.84. The minimum Gasteiger partial charge on any atom is -0.474 e. The van der Waals surface area contributed by atoms with Gasteiger partial charge in [0.2, 0.25) is 0 Å². The van der Waals surface area contributed by atoms with Crippen molar-refractivity contribution in [1.29, 1.82) is 0 Å². The topological polar surface area (TPSA) is 57.1 Å². The fourth-order valence-electron chi connectivity index (χ4n) is 1.69. The maximum absolute atomic E-state index is 11.4. The molecular weight excluding hydrogens is 318 g/mol. The number of esters is 1. The van der Waals surface area contributed by atoms with E-state index in [0.717, 1.165) is 0 Å². The van der Waals surface area contributed by atoms with E-state index in [0.29, 0.717) is 16.4 Å². The lowest BCUT2D eigenvalue weighted by Crippen LogP contribution is -2.18. The molecule has 0 saturated carbocycles. The second-order valence-electron chi connectivity index (χ2n) is 4.40. The summed E-state index contributed by atoms with van der Waals surface area (Å²) in [4.78, 5) is 16.6. The standard InChI is InChI=1S/C17H14ClNO4/c1-12(17(20)21-2)22-16-9-8-14(18)10-13(16)11-19-23-15-6-4-3-5-7-15/h3-10,16H,1H2,2H3. The molecule has 6 heteroatoms. The van der Waals surface area contributed by atoms with Gasteiger partial charge in [-0.15, -0.1) is 0 Å². The molecule has 1 aromatic rings. The van der Waals surface area contributed by atoms with E-state index in [-0.39, 0.29) is 5.76 Å². The number of carbonyl (C=O) groups excluding carboxylic acids is 1. The minimum absolute atomic E-state index is 0.128. The average Bonchev–Trinajstić information content (AvgIpc) is 2.57. The van der Waals surface area contributed by atoms with Crippen molar-refractivity contribution in [2.75, 3.05) is 7.11 Å². The fraction of sp³-hybridized carbons (Fsp3) is 0.118. The van der Waals surface area contributed by atoms with Gasteiger partial charge in [-0.25, -0.2) is 4.79 Å². The second kappa shape index (κ2) is 8.03. The van der Waals surface area contributed by atoms with Gasteiger partial charge < -0.3 is 14.3 Å². The zero-order valence-electron chi connectivity index (χ0n) is 12.4. The zero-order chi connectivity index (χ0) is 16.7. The molecule has 0 heterocycles. The van der Waals surface area contributed by atoms with Crippen molar-refractivity contribution in [3.05, 3.63) is 71.5 Å². The van der Waals surface area contributed by atoms with Gasteiger partial charge in [-0.3, -0.25) is 0 Å². The van der Waals surface area contributed by atoms with Crippen molar-refractivity contribution < 1.29 is 19.1 Å². The van der Waals surface area contributed by atoms with E-state index in [1.165, 1.54) is 7.11 Å². The van der Waals surface area contributed by atoms with Crippen LogP contribution in [0.1, 0.15) is 0 Å². The van der Waals surface area contributed by atoms with Gasteiger partial charge in [-0.1, -0.05) is 29.8 Å². The first-order valence-corrected chi connectivity index (χ1v) is 7.02. The molecular formula is C17H14ClNO4. The monoisotopic (exact) mass is 331 g/mol. The average molecular weight is 332 g/mol. The van der Waals surface area contributed by atoms with E-state index in [1.54, 1.807) is 30.4 Å². The zero-order valence-corrected chi connectivity index (χ0v) is 13.1. The first-order chi connectivity index (χ1) is 11.1. The van der Waals surface area contributed by atoms with Crippen LogP contribution in [-0.2, 0) is 14.3 Å². The Morgan fingerprint density at radius 2 is 2.09 bits per heavy atom. The molecule has 0 spiro atoms. The molecule has 0 amide bonds. The molecule has 0 bridgehead atoms. The molecule has 0 saturated heterocycles. The van der Waals surface area contributed by atoms with Gasteiger partial charge in [0.25, 0.3) is 0 Å². The maximum atomic E-state index is 11.4. The first kappa shape index (κ1) is 16.6. The van der Waals surface area contributed by atoms with Crippen molar-refractivity contribution in [2.24, 2.45) is 5.16 Å². The number of benzene rings is 1. The van der Waals surface area contributed by atoms with Crippen LogP contribution in [0, 0.1) is 0 Å². The van der Waals surface area contributed by atoms with Crippen LogP contribution in [0.25, 0.3) is 0 Å². The number of nitrogens with zero attached hydrogens (tertiary/aromatic N) is 1. The summed E-state index contributed by atoms with van der Waals surface area (Å²) in [5, 5.41) is 4.25. The summed E-state index contributed by atoms with van der Waals surface area (Å²) >= 11 is 5.96. The van der Waals surface area contributed by atoms with Crippen LogP contribution in [0.3, 0.4) is 0 Å². The predicted molar refractivity (Wildman–Crippen MR) is 87.1 cm³/mol. The molecule has 1 atom stereocenters. The Morgan fingerprint density at radius 3 is 2.78 bits per heavy atom. The lowest BCUT2D eigenvalue weighted by Gasteiger charge is -2.18. The van der Waals surface area contributed by atoms with E-state index in [4.69, 9.17) is 21.2 Å². The maximum Gasteiger partial charge on any atom is 0.372 e. The Hall–Kier alpha value is -2.75. The Bertz CT molecular complexity index is 715. The number of rotatable bonds is 5. The van der Waals surface area contributed by atoms with Crippen LogP contribution >= 0.6 is 11.6 Å². The van der Waals surface area contributed by atoms with Gasteiger partial charge in [-0.05, 0) is 42.1 Å². The Balaban J connectivity index is 2.15. The number of hydrogen-bond donors (Lipinski definition) is 0. The van der Waals surface area contributed by atoms with Crippen LogP contribution in [-0.4, -0.2) is 25.1 Å². The number of allylic oxidation sites excluding steroid dienone is 2. The summed E-state index contributed by atoms with van der Waals surface area (Å²) in [5.41, 5.74) is 0.485. The van der Waals surface area contributed by atoms with Crippen LogP contribution < -0.4 is 4.84 Å². The predicted octanol–water partition coefficient (Wildman–Crippen LogP) is 3.34. The summed E-state index contributed by atoms with van der Waals surface area (Å²) in [5.74, 6) is 2.49. The highest BCUT2D eigenvalue weighted by molar-refractivity contribution is 6.31. The third kappa shape index (κ3) is 4.88. The van der Waals surface area contributed by atoms with Gasteiger partial charge in [0, 0.05) is 10.9 Å². The third-order valence-corrected chi connectivity index (χ3v) is 3.02. The molecule has 23 heavy (non-hydrogen) atoms. The molecule has 0 N–H and O–H groups in total. The number of ether oxygens (including phenoxy) is 2. The highest BCUT2D eigenvalue weighted by Crippen LogP contribution is 2.21. The number of halogens is 1. The summed E-state index contributed by atoms with van der Waals surface area (Å²) < 4.78 is 9.98. The van der Waals surface area contributed by atoms with Gasteiger partial charge in [0.1, 0.15) is 0 Å². The molecule has 118 valence electrons. The van der Waals surface area contributed by atoms with Crippen LogP contribution in [0.5, 0.6) is 5.75 Å². The molecule has 0 fully saturated rings. The Labute approximate surface area is 138 Å².